The van der Waals surface area contributed by atoms with Crippen LogP contribution in [0.4, 0.5) is 5.69 Å². The van der Waals surface area contributed by atoms with Gasteiger partial charge in [0.25, 0.3) is 11.6 Å². The van der Waals surface area contributed by atoms with Crippen LogP contribution in [0.15, 0.2) is 48.5 Å². The number of amides is 1. The Balaban J connectivity index is 1.85. The lowest BCUT2D eigenvalue weighted by Crippen LogP contribution is -2.32. The predicted octanol–water partition coefficient (Wildman–Crippen LogP) is 2.86. The van der Waals surface area contributed by atoms with Crippen LogP contribution in [0, 0.1) is 10.1 Å². The van der Waals surface area contributed by atoms with Crippen molar-refractivity contribution in [1.82, 2.24) is 4.90 Å². The third-order valence-corrected chi connectivity index (χ3v) is 4.21. The number of hydrogen-bond acceptors (Lipinski definition) is 4. The molecular weight excluding hydrogens is 306 g/mol. The van der Waals surface area contributed by atoms with Crippen LogP contribution < -0.4 is 5.73 Å². The van der Waals surface area contributed by atoms with E-state index < -0.39 is 4.92 Å². The van der Waals surface area contributed by atoms with Gasteiger partial charge in [-0.05, 0) is 30.5 Å². The molecule has 1 amide bonds. The largest absolute Gasteiger partial charge is 0.331 e. The fourth-order valence-corrected chi connectivity index (χ4v) is 2.71. The first-order valence-electron chi connectivity index (χ1n) is 7.92. The molecule has 1 aliphatic rings. The van der Waals surface area contributed by atoms with Gasteiger partial charge in [0.15, 0.2) is 0 Å². The standard InChI is InChI=1S/C18H19N3O3/c19-11-13-5-7-14(8-6-13)18(22)20(16-9-10-16)12-15-3-1-2-4-17(15)21(23)24/h1-8,16H,9-12,19H2. The molecule has 0 atom stereocenters. The van der Waals surface area contributed by atoms with E-state index in [-0.39, 0.29) is 24.2 Å². The van der Waals surface area contributed by atoms with Gasteiger partial charge in [0, 0.05) is 29.8 Å². The number of para-hydroxylation sites is 1. The quantitative estimate of drug-likeness (QED) is 0.653. The first-order valence-corrected chi connectivity index (χ1v) is 7.92. The van der Waals surface area contributed by atoms with Crippen LogP contribution in [0.1, 0.15) is 34.3 Å². The van der Waals surface area contributed by atoms with Gasteiger partial charge in [0.05, 0.1) is 11.5 Å². The van der Waals surface area contributed by atoms with E-state index in [1.165, 1.54) is 6.07 Å². The summed E-state index contributed by atoms with van der Waals surface area (Å²) in [5.41, 5.74) is 7.73. The van der Waals surface area contributed by atoms with Crippen molar-refractivity contribution in [1.29, 1.82) is 0 Å². The van der Waals surface area contributed by atoms with Crippen molar-refractivity contribution in [3.05, 3.63) is 75.3 Å². The third kappa shape index (κ3) is 3.44. The Bertz CT molecular complexity index is 754. The average molecular weight is 325 g/mol. The Kier molecular flexibility index (Phi) is 4.57. The normalized spacial score (nSPS) is 13.5. The first-order chi connectivity index (χ1) is 11.6. The second-order valence-corrected chi connectivity index (χ2v) is 5.95. The molecule has 1 fully saturated rings. The predicted molar refractivity (Wildman–Crippen MR) is 90.3 cm³/mol. The summed E-state index contributed by atoms with van der Waals surface area (Å²) in [6, 6.07) is 13.9. The number of benzene rings is 2. The minimum absolute atomic E-state index is 0.0504. The Morgan fingerprint density at radius 3 is 2.42 bits per heavy atom. The molecule has 2 aromatic rings. The molecule has 2 N–H and O–H groups in total. The van der Waals surface area contributed by atoms with Gasteiger partial charge in [0.2, 0.25) is 0 Å². The van der Waals surface area contributed by atoms with Crippen molar-refractivity contribution in [2.24, 2.45) is 5.73 Å². The molecule has 6 heteroatoms. The number of hydrogen-bond donors (Lipinski definition) is 1. The maximum absolute atomic E-state index is 12.8. The molecule has 0 spiro atoms. The fraction of sp³-hybridized carbons (Fsp3) is 0.278. The zero-order chi connectivity index (χ0) is 17.1. The number of carbonyl (C=O) groups is 1. The topological polar surface area (TPSA) is 89.5 Å². The number of carbonyl (C=O) groups excluding carboxylic acids is 1. The van der Waals surface area contributed by atoms with Crippen LogP contribution in [0.25, 0.3) is 0 Å². The van der Waals surface area contributed by atoms with Crippen molar-refractivity contribution in [3.63, 3.8) is 0 Å². The summed E-state index contributed by atoms with van der Waals surface area (Å²) in [5, 5.41) is 11.2. The average Bonchev–Trinajstić information content (AvgIpc) is 3.44. The highest BCUT2D eigenvalue weighted by molar-refractivity contribution is 5.94. The lowest BCUT2D eigenvalue weighted by Gasteiger charge is -2.22. The van der Waals surface area contributed by atoms with E-state index in [0.717, 1.165) is 18.4 Å². The van der Waals surface area contributed by atoms with Crippen molar-refractivity contribution in [3.8, 4) is 0 Å². The molecule has 0 heterocycles. The molecule has 1 aliphatic carbocycles. The number of nitrogens with zero attached hydrogens (tertiary/aromatic N) is 2. The van der Waals surface area contributed by atoms with Gasteiger partial charge in [-0.25, -0.2) is 0 Å². The molecule has 0 saturated heterocycles. The van der Waals surface area contributed by atoms with E-state index in [1.54, 1.807) is 35.2 Å². The number of nitrogens with two attached hydrogens (primary N) is 1. The number of rotatable bonds is 6. The third-order valence-electron chi connectivity index (χ3n) is 4.21. The summed E-state index contributed by atoms with van der Waals surface area (Å²) in [7, 11) is 0. The summed E-state index contributed by atoms with van der Waals surface area (Å²) in [6.07, 6.45) is 1.88. The molecule has 0 unspecified atom stereocenters. The zero-order valence-electron chi connectivity index (χ0n) is 13.2. The van der Waals surface area contributed by atoms with Crippen molar-refractivity contribution < 1.29 is 9.72 Å². The minimum atomic E-state index is -0.402. The first kappa shape index (κ1) is 16.1. The van der Waals surface area contributed by atoms with Crippen LogP contribution in [0.2, 0.25) is 0 Å². The van der Waals surface area contributed by atoms with E-state index in [4.69, 9.17) is 5.73 Å². The van der Waals surface area contributed by atoms with E-state index in [0.29, 0.717) is 17.7 Å². The van der Waals surface area contributed by atoms with Crippen LogP contribution in [-0.2, 0) is 13.1 Å². The maximum atomic E-state index is 12.8. The van der Waals surface area contributed by atoms with Gasteiger partial charge >= 0.3 is 0 Å². The molecule has 0 radical (unpaired) electrons. The highest BCUT2D eigenvalue weighted by Crippen LogP contribution is 2.31. The van der Waals surface area contributed by atoms with Crippen LogP contribution in [0.5, 0.6) is 0 Å². The maximum Gasteiger partial charge on any atom is 0.274 e. The van der Waals surface area contributed by atoms with Crippen LogP contribution >= 0.6 is 0 Å². The van der Waals surface area contributed by atoms with E-state index >= 15 is 0 Å². The lowest BCUT2D eigenvalue weighted by molar-refractivity contribution is -0.385. The second-order valence-electron chi connectivity index (χ2n) is 5.95. The Morgan fingerprint density at radius 1 is 1.17 bits per heavy atom. The van der Waals surface area contributed by atoms with Gasteiger partial charge in [-0.1, -0.05) is 30.3 Å². The second kappa shape index (κ2) is 6.80. The molecule has 1 saturated carbocycles. The Labute approximate surface area is 140 Å². The highest BCUT2D eigenvalue weighted by Gasteiger charge is 2.34. The molecule has 3 rings (SSSR count). The summed E-state index contributed by atoms with van der Waals surface area (Å²) in [6.45, 7) is 0.677. The van der Waals surface area contributed by atoms with E-state index in [1.807, 2.05) is 12.1 Å². The van der Waals surface area contributed by atoms with Gasteiger partial charge in [0.1, 0.15) is 0 Å². The Morgan fingerprint density at radius 2 is 1.83 bits per heavy atom. The van der Waals surface area contributed by atoms with Crippen LogP contribution in [-0.4, -0.2) is 21.8 Å². The molecular formula is C18H19N3O3. The van der Waals surface area contributed by atoms with Gasteiger partial charge in [-0.2, -0.15) is 0 Å². The van der Waals surface area contributed by atoms with Crippen molar-refractivity contribution >= 4 is 11.6 Å². The van der Waals surface area contributed by atoms with Crippen molar-refractivity contribution in [2.75, 3.05) is 0 Å². The summed E-state index contributed by atoms with van der Waals surface area (Å²) in [4.78, 5) is 25.4. The Hall–Kier alpha value is -2.73. The highest BCUT2D eigenvalue weighted by atomic mass is 16.6. The lowest BCUT2D eigenvalue weighted by atomic mass is 10.1. The zero-order valence-corrected chi connectivity index (χ0v) is 13.2. The van der Waals surface area contributed by atoms with Gasteiger partial charge in [-0.3, -0.25) is 14.9 Å². The van der Waals surface area contributed by atoms with Crippen LogP contribution in [0.3, 0.4) is 0 Å². The SMILES string of the molecule is NCc1ccc(C(=O)N(Cc2ccccc2[N+](=O)[O-])C2CC2)cc1. The molecule has 0 aliphatic heterocycles. The van der Waals surface area contributed by atoms with Gasteiger partial charge in [-0.15, -0.1) is 0 Å². The molecule has 0 aromatic heterocycles. The number of nitro benzene ring substituents is 1. The van der Waals surface area contributed by atoms with Crippen molar-refractivity contribution in [2.45, 2.75) is 32.0 Å². The monoisotopic (exact) mass is 325 g/mol. The molecule has 6 nitrogen and oxygen atoms in total. The van der Waals surface area contributed by atoms with E-state index in [9.17, 15) is 14.9 Å². The number of nitro groups is 1. The summed E-state index contributed by atoms with van der Waals surface area (Å²) >= 11 is 0. The molecule has 124 valence electrons. The fourth-order valence-electron chi connectivity index (χ4n) is 2.71. The molecule has 24 heavy (non-hydrogen) atoms. The smallest absolute Gasteiger partial charge is 0.274 e. The minimum Gasteiger partial charge on any atom is -0.331 e. The summed E-state index contributed by atoms with van der Waals surface area (Å²) in [5.74, 6) is -0.0979. The summed E-state index contributed by atoms with van der Waals surface area (Å²) < 4.78 is 0. The van der Waals surface area contributed by atoms with E-state index in [2.05, 4.69) is 0 Å². The molecule has 0 bridgehead atoms. The molecule has 2 aromatic carbocycles. The van der Waals surface area contributed by atoms with Gasteiger partial charge < -0.3 is 10.6 Å².